The summed E-state index contributed by atoms with van der Waals surface area (Å²) in [6.45, 7) is 2.36. The summed E-state index contributed by atoms with van der Waals surface area (Å²) in [5.41, 5.74) is 0.283. The fourth-order valence-corrected chi connectivity index (χ4v) is 3.67. The van der Waals surface area contributed by atoms with Gasteiger partial charge in [0.05, 0.1) is 18.5 Å². The van der Waals surface area contributed by atoms with Crippen molar-refractivity contribution in [1.29, 1.82) is 0 Å². The molecule has 3 aliphatic rings. The number of carbonyl (C=O) groups excluding carboxylic acids is 1. The van der Waals surface area contributed by atoms with Crippen LogP contribution in [0.3, 0.4) is 0 Å². The average Bonchev–Trinajstić information content (AvgIpc) is 2.95. The number of fused-ring (bicyclic) bond motifs is 5. The summed E-state index contributed by atoms with van der Waals surface area (Å²) in [6, 6.07) is 5.21. The molecule has 2 bridgehead atoms. The Balaban J connectivity index is 1.74. The largest absolute Gasteiger partial charge is 0.497 e. The molecule has 1 aromatic heterocycles. The van der Waals surface area contributed by atoms with Gasteiger partial charge in [0.1, 0.15) is 23.2 Å². The quantitative estimate of drug-likeness (QED) is 0.859. The highest BCUT2D eigenvalue weighted by Gasteiger charge is 2.35. The van der Waals surface area contributed by atoms with Crippen LogP contribution in [0.2, 0.25) is 0 Å². The Morgan fingerprint density at radius 1 is 1.33 bits per heavy atom. The van der Waals surface area contributed by atoms with Crippen LogP contribution >= 0.6 is 0 Å². The molecule has 4 heterocycles. The number of hydrogen-bond donors (Lipinski definition) is 1. The summed E-state index contributed by atoms with van der Waals surface area (Å²) < 4.78 is 10.7. The third-order valence-corrected chi connectivity index (χ3v) is 5.12. The lowest BCUT2D eigenvalue weighted by Gasteiger charge is -2.30. The highest BCUT2D eigenvalue weighted by molar-refractivity contribution is 6.02. The summed E-state index contributed by atoms with van der Waals surface area (Å²) in [5, 5.41) is 3.81. The lowest BCUT2D eigenvalue weighted by Crippen LogP contribution is -2.46. The van der Waals surface area contributed by atoms with Crippen molar-refractivity contribution in [2.45, 2.75) is 24.9 Å². The van der Waals surface area contributed by atoms with Gasteiger partial charge in [0.15, 0.2) is 5.78 Å². The zero-order chi connectivity index (χ0) is 16.7. The Hall–Kier alpha value is -2.18. The van der Waals surface area contributed by atoms with Crippen LogP contribution in [-0.4, -0.2) is 49.5 Å². The first-order valence-corrected chi connectivity index (χ1v) is 8.28. The lowest BCUT2D eigenvalue weighted by atomic mass is 10.0. The van der Waals surface area contributed by atoms with E-state index in [1.54, 1.807) is 25.3 Å². The van der Waals surface area contributed by atoms with Gasteiger partial charge in [-0.15, -0.1) is 0 Å². The van der Waals surface area contributed by atoms with Crippen LogP contribution in [0.4, 0.5) is 0 Å². The van der Waals surface area contributed by atoms with Gasteiger partial charge in [-0.25, -0.2) is 0 Å². The monoisotopic (exact) mass is 328 g/mol. The second-order valence-electron chi connectivity index (χ2n) is 6.44. The van der Waals surface area contributed by atoms with Gasteiger partial charge >= 0.3 is 0 Å². The van der Waals surface area contributed by atoms with E-state index < -0.39 is 0 Å². The van der Waals surface area contributed by atoms with Crippen molar-refractivity contribution in [2.75, 3.05) is 26.7 Å². The minimum absolute atomic E-state index is 0.118. The molecule has 1 N–H and O–H groups in total. The molecule has 0 radical (unpaired) electrons. The molecule has 0 saturated carbocycles. The molecule has 6 nitrogen and oxygen atoms in total. The molecule has 0 aliphatic carbocycles. The maximum atomic E-state index is 13.0. The summed E-state index contributed by atoms with van der Waals surface area (Å²) in [4.78, 5) is 28.0. The van der Waals surface area contributed by atoms with Crippen molar-refractivity contribution < 1.29 is 13.9 Å². The number of nitrogens with zero attached hydrogens (tertiary/aromatic N) is 1. The van der Waals surface area contributed by atoms with Gasteiger partial charge in [0.2, 0.25) is 5.43 Å². The van der Waals surface area contributed by atoms with Crippen LogP contribution in [0.15, 0.2) is 33.7 Å². The van der Waals surface area contributed by atoms with E-state index in [0.717, 1.165) is 25.9 Å². The topological polar surface area (TPSA) is 71.8 Å². The van der Waals surface area contributed by atoms with E-state index in [4.69, 9.17) is 9.15 Å². The van der Waals surface area contributed by atoms with Crippen molar-refractivity contribution >= 4 is 16.8 Å². The lowest BCUT2D eigenvalue weighted by molar-refractivity contribution is 0.0823. The number of Topliss-reactive ketones (excluding diaryl/α,β-unsaturated/α-hetero) is 1. The van der Waals surface area contributed by atoms with Gasteiger partial charge in [-0.05, 0) is 31.0 Å². The molecule has 3 fully saturated rings. The van der Waals surface area contributed by atoms with E-state index in [1.807, 2.05) is 0 Å². The number of nitrogens with one attached hydrogen (secondary N) is 1. The number of benzene rings is 1. The minimum Gasteiger partial charge on any atom is -0.497 e. The molecule has 2 aromatic rings. The Bertz CT molecular complexity index is 837. The van der Waals surface area contributed by atoms with E-state index in [-0.39, 0.29) is 22.8 Å². The van der Waals surface area contributed by atoms with Gasteiger partial charge in [-0.1, -0.05) is 0 Å². The molecule has 0 spiro atoms. The minimum atomic E-state index is -0.302. The highest BCUT2D eigenvalue weighted by atomic mass is 16.5. The molecule has 126 valence electrons. The molecule has 5 rings (SSSR count). The molecule has 1 unspecified atom stereocenters. The smallest absolute Gasteiger partial charge is 0.203 e. The molecule has 6 heteroatoms. The maximum Gasteiger partial charge on any atom is 0.203 e. The van der Waals surface area contributed by atoms with Gasteiger partial charge in [0, 0.05) is 25.7 Å². The van der Waals surface area contributed by atoms with Crippen LogP contribution in [0.25, 0.3) is 11.0 Å². The number of piperidine rings is 1. The fourth-order valence-electron chi connectivity index (χ4n) is 3.67. The van der Waals surface area contributed by atoms with Crippen molar-refractivity contribution in [3.63, 3.8) is 0 Å². The van der Waals surface area contributed by atoms with Crippen molar-refractivity contribution in [2.24, 2.45) is 0 Å². The molecule has 3 saturated heterocycles. The Kier molecular flexibility index (Phi) is 3.86. The number of hydrogen-bond acceptors (Lipinski definition) is 6. The first kappa shape index (κ1) is 15.4. The van der Waals surface area contributed by atoms with E-state index in [9.17, 15) is 9.59 Å². The predicted molar refractivity (Wildman–Crippen MR) is 89.8 cm³/mol. The molecule has 24 heavy (non-hydrogen) atoms. The highest BCUT2D eigenvalue weighted by Crippen LogP contribution is 2.22. The third kappa shape index (κ3) is 2.52. The number of carbonyl (C=O) groups is 1. The number of methoxy groups -OCH3 is 1. The number of rotatable bonds is 3. The summed E-state index contributed by atoms with van der Waals surface area (Å²) >= 11 is 0. The predicted octanol–water partition coefficient (Wildman–Crippen LogP) is 1.42. The second-order valence-corrected chi connectivity index (χ2v) is 6.44. The molecular weight excluding hydrogens is 308 g/mol. The summed E-state index contributed by atoms with van der Waals surface area (Å²) in [5.74, 6) is 0.404. The van der Waals surface area contributed by atoms with Crippen LogP contribution in [0, 0.1) is 0 Å². The summed E-state index contributed by atoms with van der Waals surface area (Å²) in [7, 11) is 1.54. The van der Waals surface area contributed by atoms with Crippen molar-refractivity contribution in [3.8, 4) is 5.75 Å². The number of ketones is 1. The average molecular weight is 328 g/mol. The van der Waals surface area contributed by atoms with Gasteiger partial charge < -0.3 is 14.5 Å². The van der Waals surface area contributed by atoms with E-state index >= 15 is 0 Å². The van der Waals surface area contributed by atoms with Crippen molar-refractivity contribution in [3.05, 3.63) is 40.2 Å². The van der Waals surface area contributed by atoms with Crippen LogP contribution in [0.5, 0.6) is 5.75 Å². The molecule has 1 atom stereocenters. The molecule has 3 aliphatic heterocycles. The standard InChI is InChI=1S/C18H20N2O4/c1-23-12-2-3-16-13(8-12)17(21)14(10-24-16)18(22)15-9-19-11-4-6-20(15)7-5-11/h2-3,8,10-11,15,19H,4-7,9H2,1H3. The van der Waals surface area contributed by atoms with Crippen LogP contribution < -0.4 is 15.5 Å². The second kappa shape index (κ2) is 6.03. The zero-order valence-corrected chi connectivity index (χ0v) is 13.6. The number of ether oxygens (including phenoxy) is 1. The Morgan fingerprint density at radius 2 is 2.12 bits per heavy atom. The van der Waals surface area contributed by atoms with Gasteiger partial charge in [0.25, 0.3) is 0 Å². The maximum absolute atomic E-state index is 13.0. The van der Waals surface area contributed by atoms with E-state index in [2.05, 4.69) is 10.2 Å². The fraction of sp³-hybridized carbons (Fsp3) is 0.444. The van der Waals surface area contributed by atoms with Crippen LogP contribution in [-0.2, 0) is 0 Å². The van der Waals surface area contributed by atoms with Gasteiger partial charge in [-0.3, -0.25) is 14.5 Å². The van der Waals surface area contributed by atoms with Crippen LogP contribution in [0.1, 0.15) is 23.2 Å². The molecule has 1 aromatic carbocycles. The first-order chi connectivity index (χ1) is 11.7. The third-order valence-electron chi connectivity index (χ3n) is 5.12. The van der Waals surface area contributed by atoms with E-state index in [0.29, 0.717) is 29.3 Å². The first-order valence-electron chi connectivity index (χ1n) is 8.28. The molecular formula is C18H20N2O4. The van der Waals surface area contributed by atoms with Gasteiger partial charge in [-0.2, -0.15) is 0 Å². The summed E-state index contributed by atoms with van der Waals surface area (Å²) in [6.07, 6.45) is 3.40. The van der Waals surface area contributed by atoms with E-state index in [1.165, 1.54) is 6.26 Å². The van der Waals surface area contributed by atoms with Crippen molar-refractivity contribution in [1.82, 2.24) is 10.2 Å². The Labute approximate surface area is 139 Å². The zero-order valence-electron chi connectivity index (χ0n) is 13.6. The molecule has 0 amide bonds. The SMILES string of the molecule is COc1ccc2occ(C(=O)C3CNC4CCN3CC4)c(=O)c2c1. The normalized spacial score (nSPS) is 26.3. The Morgan fingerprint density at radius 3 is 2.88 bits per heavy atom.